The number of likely N-dealkylation sites (tertiary alicyclic amines) is 1. The first-order valence-electron chi connectivity index (χ1n) is 10.4. The number of amides is 1. The predicted octanol–water partition coefficient (Wildman–Crippen LogP) is 0.923. The zero-order valence-electron chi connectivity index (χ0n) is 16.8. The van der Waals surface area contributed by atoms with Gasteiger partial charge in [-0.25, -0.2) is 8.42 Å². The van der Waals surface area contributed by atoms with Crippen LogP contribution in [0.25, 0.3) is 0 Å². The Hall–Kier alpha value is -1.68. The van der Waals surface area contributed by atoms with Crippen LogP contribution in [0.2, 0.25) is 0 Å². The first kappa shape index (κ1) is 20.6. The van der Waals surface area contributed by atoms with Gasteiger partial charge in [0.05, 0.1) is 25.1 Å². The summed E-state index contributed by atoms with van der Waals surface area (Å²) in [5, 5.41) is 3.33. The largest absolute Gasteiger partial charge is 0.379 e. The molecule has 3 aliphatic rings. The van der Waals surface area contributed by atoms with E-state index in [1.165, 1.54) is 0 Å². The molecule has 9 heteroatoms. The van der Waals surface area contributed by atoms with Crippen LogP contribution in [0.1, 0.15) is 19.8 Å². The van der Waals surface area contributed by atoms with Gasteiger partial charge in [0.15, 0.2) is 0 Å². The molecule has 0 aliphatic carbocycles. The average molecular weight is 423 g/mol. The van der Waals surface area contributed by atoms with E-state index < -0.39 is 10.0 Å². The van der Waals surface area contributed by atoms with Crippen molar-refractivity contribution in [3.8, 4) is 0 Å². The maximum absolute atomic E-state index is 12.9. The molecule has 3 aliphatic heterocycles. The summed E-state index contributed by atoms with van der Waals surface area (Å²) < 4.78 is 33.2. The summed E-state index contributed by atoms with van der Waals surface area (Å²) in [6.07, 6.45) is 1.22. The molecular weight excluding hydrogens is 392 g/mol. The summed E-state index contributed by atoms with van der Waals surface area (Å²) in [5.74, 6) is 0.303. The molecule has 2 fully saturated rings. The molecule has 4 rings (SSSR count). The van der Waals surface area contributed by atoms with E-state index in [2.05, 4.69) is 14.9 Å². The van der Waals surface area contributed by atoms with Crippen LogP contribution in [0, 0.1) is 11.8 Å². The Morgan fingerprint density at radius 1 is 1.17 bits per heavy atom. The molecule has 0 aromatic heterocycles. The fourth-order valence-electron chi connectivity index (χ4n) is 4.48. The van der Waals surface area contributed by atoms with Crippen LogP contribution in [0.4, 0.5) is 5.69 Å². The number of fused-ring (bicyclic) bond motifs is 1. The van der Waals surface area contributed by atoms with Gasteiger partial charge in [-0.15, -0.1) is 0 Å². The first-order valence-corrected chi connectivity index (χ1v) is 11.9. The highest BCUT2D eigenvalue weighted by atomic mass is 32.2. The molecule has 0 unspecified atom stereocenters. The lowest BCUT2D eigenvalue weighted by Crippen LogP contribution is -2.53. The van der Waals surface area contributed by atoms with Crippen LogP contribution in [0.15, 0.2) is 29.2 Å². The fourth-order valence-corrected chi connectivity index (χ4v) is 5.86. The minimum atomic E-state index is -3.51. The molecule has 8 nitrogen and oxygen atoms in total. The van der Waals surface area contributed by atoms with Crippen LogP contribution < -0.4 is 10.0 Å². The lowest BCUT2D eigenvalue weighted by molar-refractivity contribution is -0.137. The number of para-hydroxylation sites is 1. The highest BCUT2D eigenvalue weighted by Crippen LogP contribution is 2.31. The highest BCUT2D eigenvalue weighted by Gasteiger charge is 2.36. The van der Waals surface area contributed by atoms with Gasteiger partial charge in [-0.1, -0.05) is 19.1 Å². The summed E-state index contributed by atoms with van der Waals surface area (Å²) >= 11 is 0. The Morgan fingerprint density at radius 3 is 2.59 bits per heavy atom. The molecule has 0 saturated carbocycles. The Kier molecular flexibility index (Phi) is 6.10. The fraction of sp³-hybridized carbons (Fsp3) is 0.650. The van der Waals surface area contributed by atoms with Crippen molar-refractivity contribution in [1.29, 1.82) is 0 Å². The summed E-state index contributed by atoms with van der Waals surface area (Å²) in [4.78, 5) is 17.4. The Labute approximate surface area is 172 Å². The molecular formula is C20H30N4O4S. The Morgan fingerprint density at radius 2 is 1.86 bits per heavy atom. The number of hydrogen-bond donors (Lipinski definition) is 2. The second-order valence-electron chi connectivity index (χ2n) is 8.22. The number of morpholine rings is 1. The molecule has 1 aromatic carbocycles. The summed E-state index contributed by atoms with van der Waals surface area (Å²) in [5.41, 5.74) is 0.647. The van der Waals surface area contributed by atoms with Crippen molar-refractivity contribution in [2.24, 2.45) is 11.8 Å². The van der Waals surface area contributed by atoms with Gasteiger partial charge in [0, 0.05) is 38.6 Å². The molecule has 2 saturated heterocycles. The molecule has 1 aromatic rings. The number of hydrogen-bond acceptors (Lipinski definition) is 6. The van der Waals surface area contributed by atoms with Gasteiger partial charge in [-0.2, -0.15) is 4.72 Å². The minimum absolute atomic E-state index is 0.0390. The van der Waals surface area contributed by atoms with Crippen LogP contribution in [-0.2, 0) is 19.6 Å². The van der Waals surface area contributed by atoms with Crippen LogP contribution in [0.5, 0.6) is 0 Å². The zero-order chi connectivity index (χ0) is 20.4. The topological polar surface area (TPSA) is 91.0 Å². The molecule has 1 amide bonds. The molecule has 0 bridgehead atoms. The quantitative estimate of drug-likeness (QED) is 0.750. The van der Waals surface area contributed by atoms with Crippen molar-refractivity contribution < 1.29 is 17.9 Å². The molecule has 2 atom stereocenters. The van der Waals surface area contributed by atoms with Crippen LogP contribution >= 0.6 is 0 Å². The van der Waals surface area contributed by atoms with Crippen molar-refractivity contribution in [2.45, 2.75) is 30.8 Å². The van der Waals surface area contributed by atoms with E-state index in [4.69, 9.17) is 4.74 Å². The van der Waals surface area contributed by atoms with Crippen molar-refractivity contribution >= 4 is 21.6 Å². The van der Waals surface area contributed by atoms with E-state index in [0.717, 1.165) is 45.7 Å². The van der Waals surface area contributed by atoms with Gasteiger partial charge in [0.1, 0.15) is 4.90 Å². The lowest BCUT2D eigenvalue weighted by Gasteiger charge is -2.40. The van der Waals surface area contributed by atoms with Gasteiger partial charge >= 0.3 is 0 Å². The van der Waals surface area contributed by atoms with Gasteiger partial charge in [0.25, 0.3) is 0 Å². The number of rotatable bonds is 4. The van der Waals surface area contributed by atoms with Crippen molar-refractivity contribution in [3.63, 3.8) is 0 Å². The second-order valence-corrected chi connectivity index (χ2v) is 9.90. The van der Waals surface area contributed by atoms with E-state index in [0.29, 0.717) is 23.7 Å². The molecule has 0 radical (unpaired) electrons. The Bertz CT molecular complexity index is 833. The normalized spacial score (nSPS) is 26.4. The monoisotopic (exact) mass is 422 g/mol. The minimum Gasteiger partial charge on any atom is -0.379 e. The molecule has 3 heterocycles. The van der Waals surface area contributed by atoms with E-state index in [1.54, 1.807) is 18.2 Å². The maximum atomic E-state index is 12.9. The average Bonchev–Trinajstić information content (AvgIpc) is 2.73. The van der Waals surface area contributed by atoms with Crippen molar-refractivity contribution in [2.75, 3.05) is 51.3 Å². The summed E-state index contributed by atoms with van der Waals surface area (Å²) in [6, 6.07) is 6.97. The third kappa shape index (κ3) is 4.58. The van der Waals surface area contributed by atoms with Crippen LogP contribution in [0.3, 0.4) is 0 Å². The third-order valence-corrected chi connectivity index (χ3v) is 7.65. The molecule has 29 heavy (non-hydrogen) atoms. The number of sulfonamides is 1. The number of nitrogens with one attached hydrogen (secondary N) is 2. The zero-order valence-corrected chi connectivity index (χ0v) is 17.7. The first-order chi connectivity index (χ1) is 13.9. The number of anilines is 1. The number of ether oxygens (including phenoxy) is 1. The van der Waals surface area contributed by atoms with Gasteiger partial charge in [-0.3, -0.25) is 9.69 Å². The number of carbonyl (C=O) groups excluding carboxylic acids is 1. The summed E-state index contributed by atoms with van der Waals surface area (Å²) in [7, 11) is -3.51. The van der Waals surface area contributed by atoms with Crippen molar-refractivity contribution in [1.82, 2.24) is 14.5 Å². The number of piperidine rings is 1. The van der Waals surface area contributed by atoms with Crippen molar-refractivity contribution in [3.05, 3.63) is 24.3 Å². The maximum Gasteiger partial charge on any atom is 0.244 e. The second kappa shape index (κ2) is 8.59. The number of nitrogens with zero attached hydrogens (tertiary/aromatic N) is 2. The van der Waals surface area contributed by atoms with E-state index in [9.17, 15) is 13.2 Å². The van der Waals surface area contributed by atoms with Crippen LogP contribution in [-0.4, -0.2) is 76.2 Å². The number of carbonyl (C=O) groups is 1. The number of benzene rings is 1. The SMILES string of the molecule is C[C@H](CN1CCOCC1)C(=O)N1CCC([C@H]2Nc3ccccc3S(=O)(=O)N2)CC1. The smallest absolute Gasteiger partial charge is 0.244 e. The molecule has 160 valence electrons. The van der Waals surface area contributed by atoms with E-state index >= 15 is 0 Å². The third-order valence-electron chi connectivity index (χ3n) is 6.15. The summed E-state index contributed by atoms with van der Waals surface area (Å²) in [6.45, 7) is 7.33. The van der Waals surface area contributed by atoms with E-state index in [-0.39, 0.29) is 23.9 Å². The van der Waals surface area contributed by atoms with Gasteiger partial charge in [0.2, 0.25) is 15.9 Å². The Balaban J connectivity index is 1.32. The van der Waals surface area contributed by atoms with E-state index in [1.807, 2.05) is 17.9 Å². The van der Waals surface area contributed by atoms with Gasteiger partial charge < -0.3 is 15.0 Å². The van der Waals surface area contributed by atoms with Gasteiger partial charge in [-0.05, 0) is 30.9 Å². The predicted molar refractivity (Wildman–Crippen MR) is 110 cm³/mol. The standard InChI is InChI=1S/C20H30N4O4S/c1-15(14-23-10-12-28-13-11-23)20(25)24-8-6-16(7-9-24)19-21-17-4-2-3-5-18(17)29(26,27)22-19/h2-5,15-16,19,21-22H,6-14H2,1H3/t15-,19+/m1/s1. The molecule has 0 spiro atoms. The molecule has 2 N–H and O–H groups in total. The highest BCUT2D eigenvalue weighted by molar-refractivity contribution is 7.89. The lowest BCUT2D eigenvalue weighted by atomic mass is 9.93.